The maximum atomic E-state index is 12.6. The quantitative estimate of drug-likeness (QED) is 0.660. The van der Waals surface area contributed by atoms with E-state index in [1.165, 1.54) is 5.56 Å². The van der Waals surface area contributed by atoms with Crippen LogP contribution in [-0.4, -0.2) is 34.6 Å². The van der Waals surface area contributed by atoms with Gasteiger partial charge in [-0.1, -0.05) is 42.5 Å². The lowest BCUT2D eigenvalue weighted by Crippen LogP contribution is -2.27. The molecule has 3 rings (SSSR count). The normalized spacial score (nSPS) is 10.5. The molecule has 0 aliphatic heterocycles. The molecule has 0 N–H and O–H groups in total. The van der Waals surface area contributed by atoms with Crippen LogP contribution in [0.4, 0.5) is 11.5 Å². The lowest BCUT2D eigenvalue weighted by Gasteiger charge is -2.22. The van der Waals surface area contributed by atoms with Crippen LogP contribution in [0.15, 0.2) is 66.7 Å². The Hall–Kier alpha value is -3.21. The predicted octanol–water partition coefficient (Wildman–Crippen LogP) is 4.22. The maximum absolute atomic E-state index is 12.6. The summed E-state index contributed by atoms with van der Waals surface area (Å²) >= 11 is 0. The minimum Gasteiger partial charge on any atom is -0.336 e. The molecule has 0 saturated heterocycles. The summed E-state index contributed by atoms with van der Waals surface area (Å²) in [7, 11) is 1.77. The van der Waals surface area contributed by atoms with E-state index in [9.17, 15) is 4.79 Å². The highest BCUT2D eigenvalue weighted by molar-refractivity contribution is 5.92. The summed E-state index contributed by atoms with van der Waals surface area (Å²) < 4.78 is 0. The zero-order chi connectivity index (χ0) is 19.2. The van der Waals surface area contributed by atoms with Gasteiger partial charge >= 0.3 is 0 Å². The molecule has 0 aliphatic carbocycles. The minimum absolute atomic E-state index is 0.142. The average molecular weight is 360 g/mol. The second-order valence-corrected chi connectivity index (χ2v) is 6.51. The van der Waals surface area contributed by atoms with Crippen molar-refractivity contribution < 1.29 is 4.79 Å². The van der Waals surface area contributed by atoms with Gasteiger partial charge in [0.05, 0.1) is 0 Å². The SMILES string of the molecule is CCN(c1cccc(C)c1)c1ccc(C(=O)N(C)Cc2ccccc2)nn1. The number of amides is 1. The molecule has 5 heteroatoms. The van der Waals surface area contributed by atoms with Gasteiger partial charge in [-0.3, -0.25) is 4.79 Å². The second-order valence-electron chi connectivity index (χ2n) is 6.51. The number of carbonyl (C=O) groups is 1. The Labute approximate surface area is 160 Å². The van der Waals surface area contributed by atoms with Gasteiger partial charge < -0.3 is 9.80 Å². The predicted molar refractivity (Wildman–Crippen MR) is 108 cm³/mol. The van der Waals surface area contributed by atoms with Gasteiger partial charge in [-0.25, -0.2) is 0 Å². The molecule has 0 unspecified atom stereocenters. The highest BCUT2D eigenvalue weighted by Gasteiger charge is 2.16. The van der Waals surface area contributed by atoms with Crippen molar-refractivity contribution >= 4 is 17.4 Å². The van der Waals surface area contributed by atoms with E-state index in [0.29, 0.717) is 12.2 Å². The van der Waals surface area contributed by atoms with E-state index in [1.807, 2.05) is 48.5 Å². The Kier molecular flexibility index (Phi) is 5.81. The third-order valence-electron chi connectivity index (χ3n) is 4.38. The van der Waals surface area contributed by atoms with E-state index in [0.717, 1.165) is 23.6 Å². The van der Waals surface area contributed by atoms with Crippen molar-refractivity contribution in [2.75, 3.05) is 18.5 Å². The summed E-state index contributed by atoms with van der Waals surface area (Å²) in [5.74, 6) is 0.585. The molecule has 27 heavy (non-hydrogen) atoms. The number of nitrogens with zero attached hydrogens (tertiary/aromatic N) is 4. The maximum Gasteiger partial charge on any atom is 0.274 e. The second kappa shape index (κ2) is 8.45. The van der Waals surface area contributed by atoms with E-state index in [2.05, 4.69) is 41.1 Å². The monoisotopic (exact) mass is 360 g/mol. The van der Waals surface area contributed by atoms with Crippen LogP contribution in [0.2, 0.25) is 0 Å². The zero-order valence-corrected chi connectivity index (χ0v) is 16.0. The summed E-state index contributed by atoms with van der Waals surface area (Å²) in [6.45, 7) is 5.43. The first-order valence-corrected chi connectivity index (χ1v) is 9.06. The van der Waals surface area contributed by atoms with Crippen molar-refractivity contribution in [1.82, 2.24) is 15.1 Å². The number of rotatable bonds is 6. The van der Waals surface area contributed by atoms with E-state index in [4.69, 9.17) is 0 Å². The van der Waals surface area contributed by atoms with Gasteiger partial charge in [0.25, 0.3) is 5.91 Å². The van der Waals surface area contributed by atoms with Crippen LogP contribution in [0, 0.1) is 6.92 Å². The third-order valence-corrected chi connectivity index (χ3v) is 4.38. The fraction of sp³-hybridized carbons (Fsp3) is 0.227. The third kappa shape index (κ3) is 4.50. The Morgan fingerprint density at radius 1 is 0.963 bits per heavy atom. The number of anilines is 2. The van der Waals surface area contributed by atoms with E-state index in [-0.39, 0.29) is 5.91 Å². The number of carbonyl (C=O) groups excluding carboxylic acids is 1. The summed E-state index contributed by atoms with van der Waals surface area (Å²) in [5, 5.41) is 8.47. The Morgan fingerprint density at radius 3 is 2.37 bits per heavy atom. The van der Waals surface area contributed by atoms with Crippen LogP contribution in [0.25, 0.3) is 0 Å². The number of aromatic nitrogens is 2. The summed E-state index contributed by atoms with van der Waals surface area (Å²) in [6.07, 6.45) is 0. The molecule has 0 spiro atoms. The van der Waals surface area contributed by atoms with Gasteiger partial charge in [-0.2, -0.15) is 0 Å². The van der Waals surface area contributed by atoms with Crippen LogP contribution in [0.3, 0.4) is 0 Å². The van der Waals surface area contributed by atoms with Gasteiger partial charge in [-0.05, 0) is 49.2 Å². The molecule has 2 aromatic carbocycles. The molecule has 0 atom stereocenters. The average Bonchev–Trinajstić information content (AvgIpc) is 2.69. The van der Waals surface area contributed by atoms with Gasteiger partial charge in [-0.15, -0.1) is 10.2 Å². The minimum atomic E-state index is -0.142. The fourth-order valence-electron chi connectivity index (χ4n) is 2.98. The Balaban J connectivity index is 1.74. The molecular formula is C22H24N4O. The van der Waals surface area contributed by atoms with Crippen molar-refractivity contribution in [1.29, 1.82) is 0 Å². The van der Waals surface area contributed by atoms with Crippen LogP contribution < -0.4 is 4.90 Å². The van der Waals surface area contributed by atoms with Crippen molar-refractivity contribution in [3.05, 3.63) is 83.6 Å². The van der Waals surface area contributed by atoms with Crippen molar-refractivity contribution in [2.24, 2.45) is 0 Å². The fourth-order valence-corrected chi connectivity index (χ4v) is 2.98. The highest BCUT2D eigenvalue weighted by Crippen LogP contribution is 2.23. The molecule has 1 amide bonds. The number of hydrogen-bond donors (Lipinski definition) is 0. The first-order chi connectivity index (χ1) is 13.1. The molecule has 0 fully saturated rings. The smallest absolute Gasteiger partial charge is 0.274 e. The topological polar surface area (TPSA) is 49.3 Å². The molecule has 0 aliphatic rings. The van der Waals surface area contributed by atoms with Gasteiger partial charge in [0.15, 0.2) is 11.5 Å². The van der Waals surface area contributed by atoms with Crippen LogP contribution in [0.1, 0.15) is 28.5 Å². The molecule has 1 heterocycles. The molecular weight excluding hydrogens is 336 g/mol. The largest absolute Gasteiger partial charge is 0.336 e. The molecule has 3 aromatic rings. The van der Waals surface area contributed by atoms with Crippen LogP contribution in [-0.2, 0) is 6.54 Å². The molecule has 0 radical (unpaired) electrons. The highest BCUT2D eigenvalue weighted by atomic mass is 16.2. The van der Waals surface area contributed by atoms with Gasteiger partial charge in [0.2, 0.25) is 0 Å². The summed E-state index contributed by atoms with van der Waals surface area (Å²) in [6, 6.07) is 21.7. The van der Waals surface area contributed by atoms with E-state index >= 15 is 0 Å². The molecule has 0 bridgehead atoms. The van der Waals surface area contributed by atoms with Gasteiger partial charge in [0, 0.05) is 25.8 Å². The molecule has 5 nitrogen and oxygen atoms in total. The number of aryl methyl sites for hydroxylation is 1. The zero-order valence-electron chi connectivity index (χ0n) is 16.0. The molecule has 0 saturated carbocycles. The molecule has 138 valence electrons. The standard InChI is InChI=1S/C22H24N4O/c1-4-26(19-12-8-9-17(2)15-19)21-14-13-20(23-24-21)22(27)25(3)16-18-10-6-5-7-11-18/h5-15H,4,16H2,1-3H3. The summed E-state index contributed by atoms with van der Waals surface area (Å²) in [5.41, 5.74) is 3.67. The Morgan fingerprint density at radius 2 is 1.74 bits per heavy atom. The van der Waals surface area contributed by atoms with Gasteiger partial charge in [0.1, 0.15) is 0 Å². The number of benzene rings is 2. The summed E-state index contributed by atoms with van der Waals surface area (Å²) in [4.78, 5) is 16.3. The lowest BCUT2D eigenvalue weighted by molar-refractivity contribution is 0.0778. The Bertz CT molecular complexity index is 894. The first kappa shape index (κ1) is 18.6. The van der Waals surface area contributed by atoms with Crippen molar-refractivity contribution in [3.8, 4) is 0 Å². The lowest BCUT2D eigenvalue weighted by atomic mass is 10.2. The first-order valence-electron chi connectivity index (χ1n) is 9.06. The van der Waals surface area contributed by atoms with E-state index < -0.39 is 0 Å². The molecule has 1 aromatic heterocycles. The van der Waals surface area contributed by atoms with Crippen LogP contribution in [0.5, 0.6) is 0 Å². The number of hydrogen-bond acceptors (Lipinski definition) is 4. The van der Waals surface area contributed by atoms with Crippen molar-refractivity contribution in [3.63, 3.8) is 0 Å². The van der Waals surface area contributed by atoms with E-state index in [1.54, 1.807) is 18.0 Å². The van der Waals surface area contributed by atoms with Crippen LogP contribution >= 0.6 is 0 Å². The van der Waals surface area contributed by atoms with Crippen molar-refractivity contribution in [2.45, 2.75) is 20.4 Å².